The van der Waals surface area contributed by atoms with E-state index in [1.54, 1.807) is 25.3 Å². The normalized spacial score (nSPS) is 10.3. The Bertz CT molecular complexity index is 422. The number of nitrogen functional groups attached to an aromatic ring is 1. The fraction of sp³-hybridized carbons (Fsp3) is 0.533. The number of rotatable bonds is 9. The third kappa shape index (κ3) is 5.48. The topological polar surface area (TPSA) is 73.6 Å². The zero-order chi connectivity index (χ0) is 14.8. The molecule has 0 fully saturated rings. The van der Waals surface area contributed by atoms with Crippen LogP contribution in [-0.4, -0.2) is 32.8 Å². The molecule has 0 unspecified atom stereocenters. The van der Waals surface area contributed by atoms with Gasteiger partial charge in [-0.1, -0.05) is 13.3 Å². The molecule has 1 rings (SSSR count). The first-order valence-electron chi connectivity index (χ1n) is 6.98. The monoisotopic (exact) mass is 280 g/mol. The maximum absolute atomic E-state index is 11.9. The Kier molecular flexibility index (Phi) is 7.50. The van der Waals surface area contributed by atoms with Gasteiger partial charge in [0.25, 0.3) is 5.91 Å². The van der Waals surface area contributed by atoms with Gasteiger partial charge < -0.3 is 20.5 Å². The molecule has 5 heteroatoms. The molecule has 1 aromatic rings. The molecule has 0 aliphatic rings. The van der Waals surface area contributed by atoms with Crippen molar-refractivity contribution in [2.24, 2.45) is 0 Å². The summed E-state index contributed by atoms with van der Waals surface area (Å²) in [6, 6.07) is 5.03. The number of anilines is 1. The van der Waals surface area contributed by atoms with Crippen LogP contribution in [0.15, 0.2) is 18.2 Å². The third-order valence-electron chi connectivity index (χ3n) is 2.90. The molecule has 0 saturated heterocycles. The van der Waals surface area contributed by atoms with Crippen molar-refractivity contribution in [3.63, 3.8) is 0 Å². The van der Waals surface area contributed by atoms with E-state index < -0.39 is 0 Å². The van der Waals surface area contributed by atoms with Crippen LogP contribution in [0, 0.1) is 0 Å². The quantitative estimate of drug-likeness (QED) is 0.537. The van der Waals surface area contributed by atoms with E-state index in [1.807, 2.05) is 0 Å². The number of unbranched alkanes of at least 4 members (excludes halogenated alkanes) is 1. The van der Waals surface area contributed by atoms with Gasteiger partial charge in [-0.05, 0) is 25.0 Å². The summed E-state index contributed by atoms with van der Waals surface area (Å²) in [5.74, 6) is 0.474. The van der Waals surface area contributed by atoms with E-state index in [1.165, 1.54) is 0 Å². The van der Waals surface area contributed by atoms with E-state index in [2.05, 4.69) is 12.2 Å². The molecule has 0 saturated carbocycles. The minimum atomic E-state index is -0.168. The van der Waals surface area contributed by atoms with E-state index in [-0.39, 0.29) is 5.91 Å². The molecule has 0 spiro atoms. The van der Waals surface area contributed by atoms with E-state index in [0.717, 1.165) is 25.9 Å². The molecular weight excluding hydrogens is 256 g/mol. The Labute approximate surface area is 120 Å². The molecule has 0 aromatic heterocycles. The molecule has 112 valence electrons. The van der Waals surface area contributed by atoms with Gasteiger partial charge in [0.15, 0.2) is 0 Å². The minimum Gasteiger partial charge on any atom is -0.497 e. The second-order valence-electron chi connectivity index (χ2n) is 4.53. The predicted octanol–water partition coefficient (Wildman–Crippen LogP) is 2.21. The fourth-order valence-electron chi connectivity index (χ4n) is 1.69. The SMILES string of the molecule is CCCCOCCCNC(=O)c1ccc(OC)cc1N. The summed E-state index contributed by atoms with van der Waals surface area (Å²) in [5, 5.41) is 2.83. The number of benzene rings is 1. The first-order chi connectivity index (χ1) is 9.69. The minimum absolute atomic E-state index is 0.168. The van der Waals surface area contributed by atoms with Gasteiger partial charge in [-0.3, -0.25) is 4.79 Å². The standard InChI is InChI=1S/C15H24N2O3/c1-3-4-9-20-10-5-8-17-15(18)13-7-6-12(19-2)11-14(13)16/h6-7,11H,3-5,8-10,16H2,1-2H3,(H,17,18). The number of carbonyl (C=O) groups excluding carboxylic acids is 1. The highest BCUT2D eigenvalue weighted by Crippen LogP contribution is 2.19. The molecular formula is C15H24N2O3. The number of hydrogen-bond acceptors (Lipinski definition) is 4. The van der Waals surface area contributed by atoms with Gasteiger partial charge in [0.05, 0.1) is 12.7 Å². The van der Waals surface area contributed by atoms with Gasteiger partial charge in [-0.15, -0.1) is 0 Å². The molecule has 0 atom stereocenters. The van der Waals surface area contributed by atoms with Crippen LogP contribution in [0.25, 0.3) is 0 Å². The predicted molar refractivity (Wildman–Crippen MR) is 80.1 cm³/mol. The van der Waals surface area contributed by atoms with Crippen molar-refractivity contribution in [1.82, 2.24) is 5.32 Å². The van der Waals surface area contributed by atoms with Gasteiger partial charge >= 0.3 is 0 Å². The van der Waals surface area contributed by atoms with Crippen molar-refractivity contribution < 1.29 is 14.3 Å². The van der Waals surface area contributed by atoms with Crippen LogP contribution < -0.4 is 15.8 Å². The number of carbonyl (C=O) groups is 1. The number of amides is 1. The summed E-state index contributed by atoms with van der Waals surface area (Å²) in [5.41, 5.74) is 6.71. The zero-order valence-electron chi connectivity index (χ0n) is 12.3. The maximum atomic E-state index is 11.9. The van der Waals surface area contributed by atoms with Crippen molar-refractivity contribution in [1.29, 1.82) is 0 Å². The van der Waals surface area contributed by atoms with Gasteiger partial charge in [0.1, 0.15) is 5.75 Å². The summed E-state index contributed by atoms with van der Waals surface area (Å²) in [4.78, 5) is 11.9. The molecule has 20 heavy (non-hydrogen) atoms. The van der Waals surface area contributed by atoms with Crippen LogP contribution in [-0.2, 0) is 4.74 Å². The molecule has 0 aliphatic heterocycles. The summed E-state index contributed by atoms with van der Waals surface area (Å²) in [6.07, 6.45) is 3.01. The molecule has 0 heterocycles. The first-order valence-corrected chi connectivity index (χ1v) is 6.98. The van der Waals surface area contributed by atoms with Crippen molar-refractivity contribution in [2.75, 3.05) is 32.6 Å². The lowest BCUT2D eigenvalue weighted by Crippen LogP contribution is -2.26. The number of nitrogens with two attached hydrogens (primary N) is 1. The highest BCUT2D eigenvalue weighted by atomic mass is 16.5. The van der Waals surface area contributed by atoms with Gasteiger partial charge in [0, 0.05) is 31.5 Å². The molecule has 0 aliphatic carbocycles. The van der Waals surface area contributed by atoms with Gasteiger partial charge in [-0.25, -0.2) is 0 Å². The second-order valence-corrected chi connectivity index (χ2v) is 4.53. The summed E-state index contributed by atoms with van der Waals surface area (Å²) in [7, 11) is 1.56. The van der Waals surface area contributed by atoms with Crippen LogP contribution in [0.1, 0.15) is 36.5 Å². The molecule has 1 aromatic carbocycles. The lowest BCUT2D eigenvalue weighted by Gasteiger charge is -2.09. The molecule has 0 radical (unpaired) electrons. The second kappa shape index (κ2) is 9.20. The lowest BCUT2D eigenvalue weighted by atomic mass is 10.1. The largest absolute Gasteiger partial charge is 0.497 e. The van der Waals surface area contributed by atoms with Crippen LogP contribution in [0.2, 0.25) is 0 Å². The lowest BCUT2D eigenvalue weighted by molar-refractivity contribution is 0.0941. The van der Waals surface area contributed by atoms with Crippen molar-refractivity contribution in [3.8, 4) is 5.75 Å². The van der Waals surface area contributed by atoms with Crippen molar-refractivity contribution in [2.45, 2.75) is 26.2 Å². The first kappa shape index (κ1) is 16.3. The molecule has 5 nitrogen and oxygen atoms in total. The van der Waals surface area contributed by atoms with Crippen molar-refractivity contribution in [3.05, 3.63) is 23.8 Å². The van der Waals surface area contributed by atoms with E-state index in [9.17, 15) is 4.79 Å². The molecule has 0 bridgehead atoms. The summed E-state index contributed by atoms with van der Waals surface area (Å²) >= 11 is 0. The Balaban J connectivity index is 2.29. The average Bonchev–Trinajstić information content (AvgIpc) is 2.45. The summed E-state index contributed by atoms with van der Waals surface area (Å²) in [6.45, 7) is 4.16. The van der Waals surface area contributed by atoms with E-state index in [0.29, 0.717) is 30.2 Å². The Morgan fingerprint density at radius 2 is 2.05 bits per heavy atom. The van der Waals surface area contributed by atoms with E-state index in [4.69, 9.17) is 15.2 Å². The van der Waals surface area contributed by atoms with Crippen molar-refractivity contribution >= 4 is 11.6 Å². The summed E-state index contributed by atoms with van der Waals surface area (Å²) < 4.78 is 10.5. The van der Waals surface area contributed by atoms with Crippen LogP contribution in [0.5, 0.6) is 5.75 Å². The van der Waals surface area contributed by atoms with E-state index >= 15 is 0 Å². The molecule has 1 amide bonds. The van der Waals surface area contributed by atoms with Gasteiger partial charge in [0.2, 0.25) is 0 Å². The highest BCUT2D eigenvalue weighted by Gasteiger charge is 2.09. The molecule has 3 N–H and O–H groups in total. The van der Waals surface area contributed by atoms with Crippen LogP contribution in [0.3, 0.4) is 0 Å². The zero-order valence-corrected chi connectivity index (χ0v) is 12.3. The maximum Gasteiger partial charge on any atom is 0.253 e. The van der Waals surface area contributed by atoms with Gasteiger partial charge in [-0.2, -0.15) is 0 Å². The highest BCUT2D eigenvalue weighted by molar-refractivity contribution is 5.99. The fourth-order valence-corrected chi connectivity index (χ4v) is 1.69. The number of hydrogen-bond donors (Lipinski definition) is 2. The average molecular weight is 280 g/mol. The number of methoxy groups -OCH3 is 1. The Morgan fingerprint density at radius 1 is 1.30 bits per heavy atom. The smallest absolute Gasteiger partial charge is 0.253 e. The van der Waals surface area contributed by atoms with Crippen LogP contribution >= 0.6 is 0 Å². The third-order valence-corrected chi connectivity index (χ3v) is 2.90. The number of nitrogens with one attached hydrogen (secondary N) is 1. The Morgan fingerprint density at radius 3 is 2.70 bits per heavy atom. The Hall–Kier alpha value is -1.75. The van der Waals surface area contributed by atoms with Crippen LogP contribution in [0.4, 0.5) is 5.69 Å². The number of ether oxygens (including phenoxy) is 2.